The number of rotatable bonds is 4. The fourth-order valence-corrected chi connectivity index (χ4v) is 4.44. The minimum atomic E-state index is -3.77. The van der Waals surface area contributed by atoms with Gasteiger partial charge in [-0.05, 0) is 12.1 Å². The summed E-state index contributed by atoms with van der Waals surface area (Å²) in [6.07, 6.45) is 2.53. The van der Waals surface area contributed by atoms with Gasteiger partial charge in [0.25, 0.3) is 0 Å². The van der Waals surface area contributed by atoms with Crippen LogP contribution in [0.1, 0.15) is 0 Å². The lowest BCUT2D eigenvalue weighted by molar-refractivity contribution is 0.274. The molecule has 0 unspecified atom stereocenters. The quantitative estimate of drug-likeness (QED) is 0.514. The van der Waals surface area contributed by atoms with Crippen LogP contribution in [0.25, 0.3) is 0 Å². The molecule has 1 saturated heterocycles. The third-order valence-electron chi connectivity index (χ3n) is 3.19. The number of piperazine rings is 1. The van der Waals surface area contributed by atoms with Gasteiger partial charge in [-0.2, -0.15) is 8.61 Å². The Morgan fingerprint density at radius 1 is 1.14 bits per heavy atom. The zero-order valence-electron chi connectivity index (χ0n) is 11.4. The summed E-state index contributed by atoms with van der Waals surface area (Å²) in [4.78, 5) is 3.84. The van der Waals surface area contributed by atoms with E-state index >= 15 is 0 Å². The van der Waals surface area contributed by atoms with E-state index in [1.165, 1.54) is 26.9 Å². The fraction of sp³-hybridized carbons (Fsp3) is 0.500. The van der Waals surface area contributed by atoms with E-state index < -0.39 is 20.0 Å². The number of sulfonamides is 2. The number of anilines is 1. The normalized spacial score (nSPS) is 18.6. The van der Waals surface area contributed by atoms with Gasteiger partial charge in [-0.15, -0.1) is 0 Å². The molecule has 0 amide bonds. The molecule has 118 valence electrons. The SMILES string of the molecule is CS(=O)(=O)N1CCN(S(=O)(=O)c2cccnc2NN)CC1. The summed E-state index contributed by atoms with van der Waals surface area (Å²) in [7, 11) is -7.07. The molecule has 1 aromatic heterocycles. The Hall–Kier alpha value is -1.27. The number of pyridine rings is 1. The molecule has 3 N–H and O–H groups in total. The lowest BCUT2D eigenvalue weighted by Crippen LogP contribution is -2.50. The van der Waals surface area contributed by atoms with Crippen molar-refractivity contribution in [2.45, 2.75) is 4.90 Å². The summed E-state index contributed by atoms with van der Waals surface area (Å²) in [5, 5.41) is 0. The summed E-state index contributed by atoms with van der Waals surface area (Å²) >= 11 is 0. The predicted octanol–water partition coefficient (Wildman–Crippen LogP) is -1.37. The van der Waals surface area contributed by atoms with E-state index in [0.29, 0.717) is 0 Å². The maximum atomic E-state index is 12.5. The van der Waals surface area contributed by atoms with Gasteiger partial charge in [-0.3, -0.25) is 0 Å². The van der Waals surface area contributed by atoms with Crippen molar-refractivity contribution in [1.29, 1.82) is 0 Å². The molecule has 0 spiro atoms. The van der Waals surface area contributed by atoms with Crippen LogP contribution in [0.2, 0.25) is 0 Å². The molecule has 0 radical (unpaired) electrons. The Kier molecular flexibility index (Phi) is 4.49. The molecule has 1 aliphatic heterocycles. The summed E-state index contributed by atoms with van der Waals surface area (Å²) in [6, 6.07) is 2.90. The second-order valence-corrected chi connectivity index (χ2v) is 8.45. The highest BCUT2D eigenvalue weighted by molar-refractivity contribution is 7.89. The maximum Gasteiger partial charge on any atom is 0.246 e. The molecule has 21 heavy (non-hydrogen) atoms. The first-order valence-electron chi connectivity index (χ1n) is 6.13. The van der Waals surface area contributed by atoms with Crippen LogP contribution in [-0.2, 0) is 20.0 Å². The van der Waals surface area contributed by atoms with Crippen LogP contribution in [0.3, 0.4) is 0 Å². The Labute approximate surface area is 123 Å². The molecule has 0 aromatic carbocycles. The van der Waals surface area contributed by atoms with Gasteiger partial charge in [-0.25, -0.2) is 27.7 Å². The van der Waals surface area contributed by atoms with Crippen molar-refractivity contribution >= 4 is 25.9 Å². The highest BCUT2D eigenvalue weighted by Gasteiger charge is 2.32. The van der Waals surface area contributed by atoms with Crippen molar-refractivity contribution in [2.24, 2.45) is 5.84 Å². The molecule has 2 rings (SSSR count). The average Bonchev–Trinajstić information content (AvgIpc) is 2.46. The second kappa shape index (κ2) is 5.85. The summed E-state index contributed by atoms with van der Waals surface area (Å²) in [6.45, 7) is 0.441. The maximum absolute atomic E-state index is 12.5. The minimum absolute atomic E-state index is 0.0275. The summed E-state index contributed by atoms with van der Waals surface area (Å²) in [5.41, 5.74) is 2.25. The lowest BCUT2D eigenvalue weighted by atomic mass is 10.4. The predicted molar refractivity (Wildman–Crippen MR) is 77.2 cm³/mol. The second-order valence-electron chi connectivity index (χ2n) is 4.56. The van der Waals surface area contributed by atoms with Gasteiger partial charge in [0.15, 0.2) is 5.82 Å². The van der Waals surface area contributed by atoms with Crippen molar-refractivity contribution in [2.75, 3.05) is 37.9 Å². The molecule has 0 atom stereocenters. The van der Waals surface area contributed by atoms with E-state index in [1.807, 2.05) is 0 Å². The van der Waals surface area contributed by atoms with Crippen molar-refractivity contribution < 1.29 is 16.8 Å². The number of hydrogen-bond acceptors (Lipinski definition) is 7. The molecule has 1 aliphatic rings. The molecular formula is C10H17N5O4S2. The zero-order valence-corrected chi connectivity index (χ0v) is 13.1. The average molecular weight is 335 g/mol. The van der Waals surface area contributed by atoms with Crippen LogP contribution < -0.4 is 11.3 Å². The summed E-state index contributed by atoms with van der Waals surface area (Å²) in [5.74, 6) is 5.33. The molecule has 2 heterocycles. The molecule has 9 nitrogen and oxygen atoms in total. The molecule has 1 fully saturated rings. The number of nitrogens with zero attached hydrogens (tertiary/aromatic N) is 3. The largest absolute Gasteiger partial charge is 0.307 e. The Balaban J connectivity index is 2.23. The number of nitrogen functional groups attached to an aromatic ring is 1. The van der Waals surface area contributed by atoms with Gasteiger partial charge >= 0.3 is 0 Å². The van der Waals surface area contributed by atoms with E-state index in [0.717, 1.165) is 6.26 Å². The fourth-order valence-electron chi connectivity index (χ4n) is 2.09. The van der Waals surface area contributed by atoms with Crippen LogP contribution in [0, 0.1) is 0 Å². The Bertz CT molecular complexity index is 711. The highest BCUT2D eigenvalue weighted by Crippen LogP contribution is 2.23. The highest BCUT2D eigenvalue weighted by atomic mass is 32.2. The number of hydrogen-bond donors (Lipinski definition) is 2. The first kappa shape index (κ1) is 16.1. The van der Waals surface area contributed by atoms with Crippen molar-refractivity contribution in [3.8, 4) is 0 Å². The van der Waals surface area contributed by atoms with Crippen molar-refractivity contribution in [1.82, 2.24) is 13.6 Å². The molecular weight excluding hydrogens is 318 g/mol. The topological polar surface area (TPSA) is 126 Å². The third-order valence-corrected chi connectivity index (χ3v) is 6.43. The Morgan fingerprint density at radius 3 is 2.24 bits per heavy atom. The first-order valence-corrected chi connectivity index (χ1v) is 9.42. The van der Waals surface area contributed by atoms with Gasteiger partial charge < -0.3 is 5.43 Å². The number of nitrogens with one attached hydrogen (secondary N) is 1. The molecule has 1 aromatic rings. The van der Waals surface area contributed by atoms with Crippen LogP contribution in [0.4, 0.5) is 5.82 Å². The van der Waals surface area contributed by atoms with E-state index in [9.17, 15) is 16.8 Å². The molecule has 0 saturated carbocycles. The lowest BCUT2D eigenvalue weighted by Gasteiger charge is -2.32. The standard InChI is InChI=1S/C10H17N5O4S2/c1-20(16,17)14-5-7-15(8-6-14)21(18,19)9-3-2-4-12-10(9)13-11/h2-4H,5-8,11H2,1H3,(H,12,13). The van der Waals surface area contributed by atoms with Crippen LogP contribution in [-0.4, -0.2) is 62.9 Å². The van der Waals surface area contributed by atoms with Gasteiger partial charge in [0.05, 0.1) is 6.26 Å². The number of hydrazine groups is 1. The molecule has 11 heteroatoms. The van der Waals surface area contributed by atoms with Gasteiger partial charge in [-0.1, -0.05) is 0 Å². The third kappa shape index (κ3) is 3.32. The molecule has 0 aliphatic carbocycles. The van der Waals surface area contributed by atoms with E-state index in [2.05, 4.69) is 10.4 Å². The molecule has 0 bridgehead atoms. The van der Waals surface area contributed by atoms with Gasteiger partial charge in [0, 0.05) is 32.4 Å². The van der Waals surface area contributed by atoms with Crippen molar-refractivity contribution in [3.63, 3.8) is 0 Å². The van der Waals surface area contributed by atoms with E-state index in [1.54, 1.807) is 0 Å². The Morgan fingerprint density at radius 2 is 1.71 bits per heavy atom. The smallest absolute Gasteiger partial charge is 0.246 e. The van der Waals surface area contributed by atoms with Crippen LogP contribution in [0.5, 0.6) is 0 Å². The van der Waals surface area contributed by atoms with Crippen molar-refractivity contribution in [3.05, 3.63) is 18.3 Å². The minimum Gasteiger partial charge on any atom is -0.307 e. The van der Waals surface area contributed by atoms with Gasteiger partial charge in [0.2, 0.25) is 20.0 Å². The van der Waals surface area contributed by atoms with Crippen LogP contribution >= 0.6 is 0 Å². The van der Waals surface area contributed by atoms with Gasteiger partial charge in [0.1, 0.15) is 4.90 Å². The van der Waals surface area contributed by atoms with E-state index in [-0.39, 0.29) is 36.9 Å². The number of aromatic nitrogens is 1. The number of nitrogens with two attached hydrogens (primary N) is 1. The monoisotopic (exact) mass is 335 g/mol. The van der Waals surface area contributed by atoms with Crippen LogP contribution in [0.15, 0.2) is 23.2 Å². The first-order chi connectivity index (χ1) is 9.76. The summed E-state index contributed by atoms with van der Waals surface area (Å²) < 4.78 is 50.4. The zero-order chi connectivity index (χ0) is 15.7. The van der Waals surface area contributed by atoms with E-state index in [4.69, 9.17) is 5.84 Å².